The monoisotopic (exact) mass is 365 g/mol. The highest BCUT2D eigenvalue weighted by atomic mass is 32.1. The SMILES string of the molecule is CN(C)c1cccc(C(=O)Nc2cccc(NC(=O)c3cccs3)c2)c1. The second-order valence-corrected chi connectivity index (χ2v) is 6.86. The Morgan fingerprint density at radius 2 is 1.54 bits per heavy atom. The lowest BCUT2D eigenvalue weighted by molar-refractivity contribution is 0.102. The van der Waals surface area contributed by atoms with Gasteiger partial charge < -0.3 is 15.5 Å². The standard InChI is InChI=1S/C20H19N3O2S/c1-23(2)17-9-3-6-14(12-17)19(24)21-15-7-4-8-16(13-15)22-20(25)18-10-5-11-26-18/h3-13H,1-2H3,(H,21,24)(H,22,25). The van der Waals surface area contributed by atoms with Gasteiger partial charge in [-0.05, 0) is 47.8 Å². The van der Waals surface area contributed by atoms with Crippen LogP contribution in [-0.2, 0) is 0 Å². The second kappa shape index (κ2) is 7.84. The number of amides is 2. The number of anilines is 3. The molecule has 0 fully saturated rings. The third-order valence-corrected chi connectivity index (χ3v) is 4.62. The quantitative estimate of drug-likeness (QED) is 0.708. The fraction of sp³-hybridized carbons (Fsp3) is 0.100. The number of hydrogen-bond donors (Lipinski definition) is 2. The molecule has 0 aliphatic carbocycles. The van der Waals surface area contributed by atoms with Gasteiger partial charge in [0.2, 0.25) is 0 Å². The van der Waals surface area contributed by atoms with Crippen LogP contribution in [0, 0.1) is 0 Å². The molecule has 0 spiro atoms. The highest BCUT2D eigenvalue weighted by molar-refractivity contribution is 7.12. The van der Waals surface area contributed by atoms with Crippen LogP contribution in [0.3, 0.4) is 0 Å². The molecule has 132 valence electrons. The van der Waals surface area contributed by atoms with Gasteiger partial charge in [0.25, 0.3) is 11.8 Å². The average Bonchev–Trinajstić information content (AvgIpc) is 3.17. The van der Waals surface area contributed by atoms with Crippen LogP contribution in [0.5, 0.6) is 0 Å². The van der Waals surface area contributed by atoms with Gasteiger partial charge >= 0.3 is 0 Å². The highest BCUT2D eigenvalue weighted by Crippen LogP contribution is 2.19. The van der Waals surface area contributed by atoms with Crippen LogP contribution in [0.4, 0.5) is 17.1 Å². The summed E-state index contributed by atoms with van der Waals surface area (Å²) in [5, 5.41) is 7.56. The van der Waals surface area contributed by atoms with Crippen molar-refractivity contribution in [3.63, 3.8) is 0 Å². The number of rotatable bonds is 5. The number of thiophene rings is 1. The summed E-state index contributed by atoms with van der Waals surface area (Å²) in [4.78, 5) is 27.2. The molecule has 0 saturated carbocycles. The number of carbonyl (C=O) groups excluding carboxylic acids is 2. The smallest absolute Gasteiger partial charge is 0.265 e. The first-order valence-electron chi connectivity index (χ1n) is 8.06. The van der Waals surface area contributed by atoms with Crippen molar-refractivity contribution in [1.29, 1.82) is 0 Å². The molecule has 3 rings (SSSR count). The number of benzene rings is 2. The van der Waals surface area contributed by atoms with E-state index in [4.69, 9.17) is 0 Å². The highest BCUT2D eigenvalue weighted by Gasteiger charge is 2.10. The summed E-state index contributed by atoms with van der Waals surface area (Å²) in [6, 6.07) is 18.1. The molecule has 0 unspecified atom stereocenters. The van der Waals surface area contributed by atoms with Crippen LogP contribution < -0.4 is 15.5 Å². The van der Waals surface area contributed by atoms with E-state index in [2.05, 4.69) is 10.6 Å². The molecule has 0 bridgehead atoms. The van der Waals surface area contributed by atoms with Crippen LogP contribution in [0.25, 0.3) is 0 Å². The van der Waals surface area contributed by atoms with Gasteiger partial charge in [-0.15, -0.1) is 11.3 Å². The first kappa shape index (κ1) is 17.7. The van der Waals surface area contributed by atoms with E-state index >= 15 is 0 Å². The van der Waals surface area contributed by atoms with Crippen molar-refractivity contribution in [3.8, 4) is 0 Å². The van der Waals surface area contributed by atoms with Crippen LogP contribution in [-0.4, -0.2) is 25.9 Å². The predicted molar refractivity (Wildman–Crippen MR) is 107 cm³/mol. The van der Waals surface area contributed by atoms with E-state index in [9.17, 15) is 9.59 Å². The predicted octanol–water partition coefficient (Wildman–Crippen LogP) is 4.32. The average molecular weight is 365 g/mol. The molecular formula is C20H19N3O2S. The van der Waals surface area contributed by atoms with Crippen molar-refractivity contribution in [3.05, 3.63) is 76.5 Å². The summed E-state index contributed by atoms with van der Waals surface area (Å²) in [5.74, 6) is -0.363. The van der Waals surface area contributed by atoms with Crippen molar-refractivity contribution >= 4 is 40.2 Å². The molecule has 2 aromatic carbocycles. The number of hydrogen-bond acceptors (Lipinski definition) is 4. The van der Waals surface area contributed by atoms with Gasteiger partial charge in [0.05, 0.1) is 4.88 Å². The summed E-state index contributed by atoms with van der Waals surface area (Å²) >= 11 is 1.38. The van der Waals surface area contributed by atoms with Gasteiger partial charge in [-0.3, -0.25) is 9.59 Å². The summed E-state index contributed by atoms with van der Waals surface area (Å²) in [7, 11) is 3.85. The van der Waals surface area contributed by atoms with E-state index in [1.54, 1.807) is 36.4 Å². The van der Waals surface area contributed by atoms with Crippen molar-refractivity contribution in [2.45, 2.75) is 0 Å². The molecule has 6 heteroatoms. The van der Waals surface area contributed by atoms with Gasteiger partial charge in [0.15, 0.2) is 0 Å². The maximum Gasteiger partial charge on any atom is 0.265 e. The maximum atomic E-state index is 12.5. The fourth-order valence-electron chi connectivity index (χ4n) is 2.40. The Hall–Kier alpha value is -3.12. The summed E-state index contributed by atoms with van der Waals surface area (Å²) in [6.45, 7) is 0. The summed E-state index contributed by atoms with van der Waals surface area (Å²) in [5.41, 5.74) is 2.77. The van der Waals surface area contributed by atoms with Crippen molar-refractivity contribution < 1.29 is 9.59 Å². The Morgan fingerprint density at radius 1 is 0.846 bits per heavy atom. The van der Waals surface area contributed by atoms with Crippen LogP contribution in [0.1, 0.15) is 20.0 Å². The lowest BCUT2D eigenvalue weighted by Crippen LogP contribution is -2.15. The lowest BCUT2D eigenvalue weighted by atomic mass is 10.1. The molecule has 0 aliphatic rings. The third-order valence-electron chi connectivity index (χ3n) is 3.75. The molecule has 0 atom stereocenters. The molecular weight excluding hydrogens is 346 g/mol. The molecule has 5 nitrogen and oxygen atoms in total. The van der Waals surface area contributed by atoms with Gasteiger partial charge in [0.1, 0.15) is 0 Å². The Labute approximate surface area is 156 Å². The minimum absolute atomic E-state index is 0.165. The van der Waals surface area contributed by atoms with Gasteiger partial charge in [-0.2, -0.15) is 0 Å². The maximum absolute atomic E-state index is 12.5. The largest absolute Gasteiger partial charge is 0.378 e. The third kappa shape index (κ3) is 4.29. The molecule has 1 aromatic heterocycles. The van der Waals surface area contributed by atoms with Gasteiger partial charge in [0, 0.05) is 36.7 Å². The molecule has 0 saturated heterocycles. The Bertz CT molecular complexity index is 920. The normalized spacial score (nSPS) is 10.2. The van der Waals surface area contributed by atoms with E-state index in [0.29, 0.717) is 21.8 Å². The Kier molecular flexibility index (Phi) is 5.34. The fourth-order valence-corrected chi connectivity index (χ4v) is 3.02. The van der Waals surface area contributed by atoms with E-state index < -0.39 is 0 Å². The summed E-state index contributed by atoms with van der Waals surface area (Å²) < 4.78 is 0. The zero-order valence-corrected chi connectivity index (χ0v) is 15.3. The number of carbonyl (C=O) groups is 2. The van der Waals surface area contributed by atoms with Crippen molar-refractivity contribution in [2.75, 3.05) is 29.6 Å². The summed E-state index contributed by atoms with van der Waals surface area (Å²) in [6.07, 6.45) is 0. The molecule has 2 amide bonds. The Morgan fingerprint density at radius 3 is 2.19 bits per heavy atom. The topological polar surface area (TPSA) is 61.4 Å². The molecule has 26 heavy (non-hydrogen) atoms. The van der Waals surface area contributed by atoms with E-state index in [1.807, 2.05) is 48.6 Å². The molecule has 2 N–H and O–H groups in total. The zero-order valence-electron chi connectivity index (χ0n) is 14.5. The minimum atomic E-state index is -0.199. The van der Waals surface area contributed by atoms with Gasteiger partial charge in [-0.1, -0.05) is 18.2 Å². The number of nitrogens with zero attached hydrogens (tertiary/aromatic N) is 1. The van der Waals surface area contributed by atoms with Crippen molar-refractivity contribution in [1.82, 2.24) is 0 Å². The molecule has 0 aliphatic heterocycles. The number of nitrogens with one attached hydrogen (secondary N) is 2. The van der Waals surface area contributed by atoms with Crippen LogP contribution >= 0.6 is 11.3 Å². The molecule has 1 heterocycles. The molecule has 0 radical (unpaired) electrons. The first-order valence-corrected chi connectivity index (χ1v) is 8.94. The molecule has 3 aromatic rings. The van der Waals surface area contributed by atoms with Crippen LogP contribution in [0.2, 0.25) is 0 Å². The lowest BCUT2D eigenvalue weighted by Gasteiger charge is -2.13. The van der Waals surface area contributed by atoms with Crippen molar-refractivity contribution in [2.24, 2.45) is 0 Å². The second-order valence-electron chi connectivity index (χ2n) is 5.91. The van der Waals surface area contributed by atoms with E-state index in [1.165, 1.54) is 11.3 Å². The van der Waals surface area contributed by atoms with Crippen LogP contribution in [0.15, 0.2) is 66.0 Å². The Balaban J connectivity index is 1.71. The zero-order chi connectivity index (χ0) is 18.5. The van der Waals surface area contributed by atoms with Gasteiger partial charge in [-0.25, -0.2) is 0 Å². The minimum Gasteiger partial charge on any atom is -0.378 e. The van der Waals surface area contributed by atoms with E-state index in [0.717, 1.165) is 5.69 Å². The van der Waals surface area contributed by atoms with E-state index in [-0.39, 0.29) is 11.8 Å². The first-order chi connectivity index (χ1) is 12.5.